The highest BCUT2D eigenvalue weighted by Crippen LogP contribution is 2.20. The third kappa shape index (κ3) is 2.63. The van der Waals surface area contributed by atoms with Gasteiger partial charge in [-0.1, -0.05) is 25.5 Å². The lowest BCUT2D eigenvalue weighted by molar-refractivity contribution is 0.795. The molecule has 0 saturated carbocycles. The molecule has 3 aromatic rings. The summed E-state index contributed by atoms with van der Waals surface area (Å²) in [7, 11) is 0. The van der Waals surface area contributed by atoms with E-state index in [1.54, 1.807) is 0 Å². The first kappa shape index (κ1) is 14.0. The van der Waals surface area contributed by atoms with Crippen LogP contribution in [0.15, 0.2) is 36.5 Å². The monoisotopic (exact) mass is 297 g/mol. The zero-order chi connectivity index (χ0) is 14.8. The van der Waals surface area contributed by atoms with Gasteiger partial charge in [0.15, 0.2) is 10.4 Å². The number of H-pyrrole nitrogens is 1. The molecule has 3 nitrogen and oxygen atoms in total. The van der Waals surface area contributed by atoms with Crippen molar-refractivity contribution < 1.29 is 0 Å². The van der Waals surface area contributed by atoms with Crippen molar-refractivity contribution >= 4 is 23.4 Å². The first-order valence-electron chi connectivity index (χ1n) is 7.36. The Morgan fingerprint density at radius 2 is 1.95 bits per heavy atom. The summed E-state index contributed by atoms with van der Waals surface area (Å²) in [5, 5.41) is 0. The van der Waals surface area contributed by atoms with Gasteiger partial charge in [0.05, 0.1) is 5.52 Å². The van der Waals surface area contributed by atoms with Crippen molar-refractivity contribution in [3.63, 3.8) is 0 Å². The number of aromatic nitrogens is 3. The highest BCUT2D eigenvalue weighted by Gasteiger charge is 2.09. The van der Waals surface area contributed by atoms with Crippen LogP contribution in [0, 0.1) is 11.7 Å². The maximum atomic E-state index is 5.46. The quantitative estimate of drug-likeness (QED) is 0.706. The Morgan fingerprint density at radius 1 is 1.19 bits per heavy atom. The predicted molar refractivity (Wildman–Crippen MR) is 89.6 cm³/mol. The largest absolute Gasteiger partial charge is 0.329 e. The van der Waals surface area contributed by atoms with Crippen LogP contribution in [0.3, 0.4) is 0 Å². The van der Waals surface area contributed by atoms with Crippen molar-refractivity contribution in [2.75, 3.05) is 0 Å². The Balaban J connectivity index is 2.06. The number of aryl methyl sites for hydroxylation is 2. The van der Waals surface area contributed by atoms with Crippen LogP contribution in [0.2, 0.25) is 0 Å². The topological polar surface area (TPSA) is 33.6 Å². The van der Waals surface area contributed by atoms with Gasteiger partial charge in [0.1, 0.15) is 0 Å². The van der Waals surface area contributed by atoms with Gasteiger partial charge in [-0.25, -0.2) is 4.98 Å². The molecule has 3 rings (SSSR count). The number of rotatable bonds is 4. The van der Waals surface area contributed by atoms with Gasteiger partial charge < -0.3 is 4.98 Å². The molecule has 0 radical (unpaired) electrons. The lowest BCUT2D eigenvalue weighted by atomic mass is 10.1. The second-order valence-corrected chi connectivity index (χ2v) is 5.75. The summed E-state index contributed by atoms with van der Waals surface area (Å²) in [6.45, 7) is 4.28. The van der Waals surface area contributed by atoms with E-state index in [0.29, 0.717) is 4.77 Å². The summed E-state index contributed by atoms with van der Waals surface area (Å²) < 4.78 is 2.69. The van der Waals surface area contributed by atoms with Gasteiger partial charge in [0.2, 0.25) is 0 Å². The fraction of sp³-hybridized carbons (Fsp3) is 0.294. The second kappa shape index (κ2) is 5.82. The van der Waals surface area contributed by atoms with Gasteiger partial charge in [-0.2, -0.15) is 0 Å². The summed E-state index contributed by atoms with van der Waals surface area (Å²) >= 11 is 5.46. The molecule has 0 aliphatic rings. The molecule has 4 heteroatoms. The summed E-state index contributed by atoms with van der Waals surface area (Å²) in [5.74, 6) is 0. The van der Waals surface area contributed by atoms with Gasteiger partial charge in [0, 0.05) is 11.9 Å². The van der Waals surface area contributed by atoms with Gasteiger partial charge in [-0.3, -0.25) is 4.57 Å². The lowest BCUT2D eigenvalue weighted by Crippen LogP contribution is -1.96. The number of hydrogen-bond acceptors (Lipinski definition) is 2. The van der Waals surface area contributed by atoms with Crippen LogP contribution >= 0.6 is 12.2 Å². The van der Waals surface area contributed by atoms with E-state index in [0.717, 1.165) is 28.8 Å². The van der Waals surface area contributed by atoms with Gasteiger partial charge in [-0.15, -0.1) is 0 Å². The van der Waals surface area contributed by atoms with E-state index < -0.39 is 0 Å². The molecule has 0 aliphatic heterocycles. The SMILES string of the molecule is CCCCc1ccc(-n2c(=S)[nH]c3c(C)ccnc32)cc1. The number of nitrogens with zero attached hydrogens (tertiary/aromatic N) is 2. The summed E-state index contributed by atoms with van der Waals surface area (Å²) in [5.41, 5.74) is 5.49. The number of fused-ring (bicyclic) bond motifs is 1. The van der Waals surface area contributed by atoms with E-state index in [-0.39, 0.29) is 0 Å². The third-order valence-corrected chi connectivity index (χ3v) is 4.08. The number of hydrogen-bond donors (Lipinski definition) is 1. The first-order valence-corrected chi connectivity index (χ1v) is 7.77. The number of imidazole rings is 1. The van der Waals surface area contributed by atoms with Crippen LogP contribution < -0.4 is 0 Å². The molecule has 108 valence electrons. The summed E-state index contributed by atoms with van der Waals surface area (Å²) in [4.78, 5) is 7.73. The molecule has 0 aliphatic carbocycles. The highest BCUT2D eigenvalue weighted by atomic mass is 32.1. The molecule has 0 atom stereocenters. The normalized spacial score (nSPS) is 11.1. The molecule has 0 bridgehead atoms. The van der Waals surface area contributed by atoms with E-state index in [2.05, 4.69) is 48.1 Å². The molecule has 2 aromatic heterocycles. The molecule has 0 amide bonds. The molecule has 0 saturated heterocycles. The average Bonchev–Trinajstić information content (AvgIpc) is 2.83. The standard InChI is InChI=1S/C17H19N3S/c1-3-4-5-13-6-8-14(9-7-13)20-16-15(19-17(20)21)12(2)10-11-18-16/h6-11H,3-5H2,1-2H3,(H,19,21). The molecule has 0 fully saturated rings. The molecule has 1 N–H and O–H groups in total. The van der Waals surface area contributed by atoms with Crippen LogP contribution in [-0.2, 0) is 6.42 Å². The van der Waals surface area contributed by atoms with Crippen molar-refractivity contribution in [1.82, 2.24) is 14.5 Å². The van der Waals surface area contributed by atoms with E-state index in [1.807, 2.05) is 16.8 Å². The molecule has 2 heterocycles. The first-order chi connectivity index (χ1) is 10.2. The number of unbranched alkanes of at least 4 members (excludes halogenated alkanes) is 1. The van der Waals surface area contributed by atoms with Crippen LogP contribution in [-0.4, -0.2) is 14.5 Å². The van der Waals surface area contributed by atoms with E-state index in [1.165, 1.54) is 18.4 Å². The zero-order valence-corrected chi connectivity index (χ0v) is 13.2. The number of aromatic amines is 1. The van der Waals surface area contributed by atoms with Crippen molar-refractivity contribution in [3.8, 4) is 5.69 Å². The van der Waals surface area contributed by atoms with Crippen LogP contribution in [0.5, 0.6) is 0 Å². The Hall–Kier alpha value is -1.94. The fourth-order valence-corrected chi connectivity index (χ4v) is 2.85. The van der Waals surface area contributed by atoms with Gasteiger partial charge in [-0.05, 0) is 61.3 Å². The fourth-order valence-electron chi connectivity index (χ4n) is 2.56. The van der Waals surface area contributed by atoms with E-state index in [9.17, 15) is 0 Å². The Labute approximate surface area is 129 Å². The van der Waals surface area contributed by atoms with Crippen molar-refractivity contribution in [2.45, 2.75) is 33.1 Å². The predicted octanol–water partition coefficient (Wildman–Crippen LogP) is 4.73. The Morgan fingerprint density at radius 3 is 2.67 bits per heavy atom. The van der Waals surface area contributed by atoms with Crippen molar-refractivity contribution in [2.24, 2.45) is 0 Å². The minimum atomic E-state index is 0.688. The smallest absolute Gasteiger partial charge is 0.184 e. The van der Waals surface area contributed by atoms with Crippen LogP contribution in [0.25, 0.3) is 16.9 Å². The lowest BCUT2D eigenvalue weighted by Gasteiger charge is -2.06. The number of nitrogens with one attached hydrogen (secondary N) is 1. The number of benzene rings is 1. The molecule has 21 heavy (non-hydrogen) atoms. The van der Waals surface area contributed by atoms with E-state index in [4.69, 9.17) is 12.2 Å². The Bertz CT molecular complexity index is 812. The van der Waals surface area contributed by atoms with Gasteiger partial charge >= 0.3 is 0 Å². The van der Waals surface area contributed by atoms with Gasteiger partial charge in [0.25, 0.3) is 0 Å². The van der Waals surface area contributed by atoms with Crippen LogP contribution in [0.1, 0.15) is 30.9 Å². The summed E-state index contributed by atoms with van der Waals surface area (Å²) in [6.07, 6.45) is 5.41. The Kier molecular flexibility index (Phi) is 3.88. The maximum absolute atomic E-state index is 5.46. The van der Waals surface area contributed by atoms with Crippen LogP contribution in [0.4, 0.5) is 0 Å². The zero-order valence-electron chi connectivity index (χ0n) is 12.4. The molecule has 0 unspecified atom stereocenters. The minimum Gasteiger partial charge on any atom is -0.329 e. The summed E-state index contributed by atoms with van der Waals surface area (Å²) in [6, 6.07) is 10.6. The highest BCUT2D eigenvalue weighted by molar-refractivity contribution is 7.71. The van der Waals surface area contributed by atoms with E-state index >= 15 is 0 Å². The molecule has 1 aromatic carbocycles. The van der Waals surface area contributed by atoms with Crippen molar-refractivity contribution in [1.29, 1.82) is 0 Å². The minimum absolute atomic E-state index is 0.688. The third-order valence-electron chi connectivity index (χ3n) is 3.80. The molecular formula is C17H19N3S. The average molecular weight is 297 g/mol. The molecule has 0 spiro atoms. The maximum Gasteiger partial charge on any atom is 0.184 e. The molecular weight excluding hydrogens is 278 g/mol. The van der Waals surface area contributed by atoms with Crippen molar-refractivity contribution in [3.05, 3.63) is 52.4 Å². The second-order valence-electron chi connectivity index (χ2n) is 5.36. The number of pyridine rings is 1.